The first-order valence-electron chi connectivity index (χ1n) is 4.38. The van der Waals surface area contributed by atoms with Gasteiger partial charge >= 0.3 is 0 Å². The third-order valence-electron chi connectivity index (χ3n) is 2.26. The minimum absolute atomic E-state index is 0.278. The summed E-state index contributed by atoms with van der Waals surface area (Å²) in [6.45, 7) is 0. The molecule has 0 atom stereocenters. The van der Waals surface area contributed by atoms with Gasteiger partial charge in [-0.15, -0.1) is 0 Å². The molecule has 0 aliphatic carbocycles. The van der Waals surface area contributed by atoms with E-state index >= 15 is 0 Å². The molecule has 72 valence electrons. The van der Waals surface area contributed by atoms with Gasteiger partial charge in [0.15, 0.2) is 0 Å². The van der Waals surface area contributed by atoms with E-state index in [4.69, 9.17) is 5.73 Å². The van der Waals surface area contributed by atoms with Gasteiger partial charge in [-0.1, -0.05) is 12.1 Å². The van der Waals surface area contributed by atoms with Crippen molar-refractivity contribution in [1.29, 1.82) is 0 Å². The predicted molar refractivity (Wildman–Crippen MR) is 57.9 cm³/mol. The lowest BCUT2D eigenvalue weighted by atomic mass is 10.1. The molecule has 0 aromatic heterocycles. The molecule has 2 aromatic rings. The highest BCUT2D eigenvalue weighted by Gasteiger charge is 2.04. The standard InChI is InChI=1S/C11H11FN2/c1-14-11-6-7(12)5-9-8(11)3-2-4-10(9)13/h2-6,14H,13H2,1H3. The van der Waals surface area contributed by atoms with Gasteiger partial charge in [-0.25, -0.2) is 4.39 Å². The summed E-state index contributed by atoms with van der Waals surface area (Å²) in [6, 6.07) is 8.45. The molecule has 0 bridgehead atoms. The summed E-state index contributed by atoms with van der Waals surface area (Å²) in [5, 5.41) is 4.63. The Morgan fingerprint density at radius 2 is 2.00 bits per heavy atom. The van der Waals surface area contributed by atoms with Gasteiger partial charge in [0.2, 0.25) is 0 Å². The molecule has 2 aromatic carbocycles. The fraction of sp³-hybridized carbons (Fsp3) is 0.0909. The van der Waals surface area contributed by atoms with Crippen LogP contribution in [0.3, 0.4) is 0 Å². The van der Waals surface area contributed by atoms with Crippen LogP contribution >= 0.6 is 0 Å². The second kappa shape index (κ2) is 3.18. The minimum atomic E-state index is -0.278. The predicted octanol–water partition coefficient (Wildman–Crippen LogP) is 2.60. The number of nitrogens with one attached hydrogen (secondary N) is 1. The molecule has 2 rings (SSSR count). The number of benzene rings is 2. The van der Waals surface area contributed by atoms with Gasteiger partial charge in [0, 0.05) is 29.2 Å². The highest BCUT2D eigenvalue weighted by molar-refractivity contribution is 6.00. The van der Waals surface area contributed by atoms with Gasteiger partial charge in [0.25, 0.3) is 0 Å². The van der Waals surface area contributed by atoms with Crippen molar-refractivity contribution in [3.05, 3.63) is 36.1 Å². The molecule has 0 saturated carbocycles. The molecule has 0 heterocycles. The van der Waals surface area contributed by atoms with Crippen molar-refractivity contribution < 1.29 is 4.39 Å². The summed E-state index contributed by atoms with van der Waals surface area (Å²) in [6.07, 6.45) is 0. The Bertz CT molecular complexity index is 480. The van der Waals surface area contributed by atoms with Gasteiger partial charge in [-0.05, 0) is 18.2 Å². The molecule has 0 unspecified atom stereocenters. The smallest absolute Gasteiger partial charge is 0.125 e. The van der Waals surface area contributed by atoms with E-state index in [0.29, 0.717) is 5.69 Å². The number of hydrogen-bond donors (Lipinski definition) is 2. The quantitative estimate of drug-likeness (QED) is 0.678. The maximum atomic E-state index is 13.2. The maximum Gasteiger partial charge on any atom is 0.125 e. The SMILES string of the molecule is CNc1cc(F)cc2c(N)cccc12. The van der Waals surface area contributed by atoms with Crippen LogP contribution in [0.4, 0.5) is 15.8 Å². The Morgan fingerprint density at radius 1 is 1.21 bits per heavy atom. The number of nitrogens with two attached hydrogens (primary N) is 1. The van der Waals surface area contributed by atoms with E-state index < -0.39 is 0 Å². The summed E-state index contributed by atoms with van der Waals surface area (Å²) in [5.74, 6) is -0.278. The van der Waals surface area contributed by atoms with Crippen LogP contribution in [0.2, 0.25) is 0 Å². The molecule has 0 aliphatic heterocycles. The third-order valence-corrected chi connectivity index (χ3v) is 2.26. The normalized spacial score (nSPS) is 10.4. The second-order valence-electron chi connectivity index (χ2n) is 3.15. The fourth-order valence-electron chi connectivity index (χ4n) is 1.58. The van der Waals surface area contributed by atoms with Crippen LogP contribution in [0.1, 0.15) is 0 Å². The van der Waals surface area contributed by atoms with E-state index in [0.717, 1.165) is 16.5 Å². The third kappa shape index (κ3) is 1.27. The topological polar surface area (TPSA) is 38.0 Å². The van der Waals surface area contributed by atoms with Crippen LogP contribution in [0.15, 0.2) is 30.3 Å². The molecule has 3 heteroatoms. The molecule has 14 heavy (non-hydrogen) atoms. The Balaban J connectivity index is 2.87. The molecular formula is C11H11FN2. The van der Waals surface area contributed by atoms with E-state index in [2.05, 4.69) is 5.32 Å². The van der Waals surface area contributed by atoms with Crippen molar-refractivity contribution in [3.8, 4) is 0 Å². The zero-order valence-corrected chi connectivity index (χ0v) is 7.84. The molecule has 0 radical (unpaired) electrons. The fourth-order valence-corrected chi connectivity index (χ4v) is 1.58. The lowest BCUT2D eigenvalue weighted by Crippen LogP contribution is -1.93. The van der Waals surface area contributed by atoms with E-state index in [9.17, 15) is 4.39 Å². The number of hydrogen-bond acceptors (Lipinski definition) is 2. The average molecular weight is 190 g/mol. The Kier molecular flexibility index (Phi) is 2.00. The van der Waals surface area contributed by atoms with Gasteiger partial charge in [-0.3, -0.25) is 0 Å². The van der Waals surface area contributed by atoms with Crippen molar-refractivity contribution in [2.24, 2.45) is 0 Å². The number of rotatable bonds is 1. The van der Waals surface area contributed by atoms with Crippen molar-refractivity contribution in [3.63, 3.8) is 0 Å². The van der Waals surface area contributed by atoms with Gasteiger partial charge < -0.3 is 11.1 Å². The van der Waals surface area contributed by atoms with Gasteiger partial charge in [-0.2, -0.15) is 0 Å². The van der Waals surface area contributed by atoms with E-state index in [1.807, 2.05) is 12.1 Å². The lowest BCUT2D eigenvalue weighted by molar-refractivity contribution is 0.630. The van der Waals surface area contributed by atoms with Crippen LogP contribution in [0.25, 0.3) is 10.8 Å². The lowest BCUT2D eigenvalue weighted by Gasteiger charge is -2.07. The van der Waals surface area contributed by atoms with Crippen molar-refractivity contribution in [1.82, 2.24) is 0 Å². The molecular weight excluding hydrogens is 179 g/mol. The maximum absolute atomic E-state index is 13.2. The van der Waals surface area contributed by atoms with Crippen LogP contribution < -0.4 is 11.1 Å². The summed E-state index contributed by atoms with van der Waals surface area (Å²) in [5.41, 5.74) is 7.11. The number of halogens is 1. The monoisotopic (exact) mass is 190 g/mol. The second-order valence-corrected chi connectivity index (χ2v) is 3.15. The van der Waals surface area contributed by atoms with Crippen molar-refractivity contribution in [2.45, 2.75) is 0 Å². The first-order chi connectivity index (χ1) is 6.72. The molecule has 0 amide bonds. The first-order valence-corrected chi connectivity index (χ1v) is 4.38. The molecule has 2 nitrogen and oxygen atoms in total. The number of fused-ring (bicyclic) bond motifs is 1. The van der Waals surface area contributed by atoms with Crippen LogP contribution in [0, 0.1) is 5.82 Å². The Morgan fingerprint density at radius 3 is 2.71 bits per heavy atom. The number of anilines is 2. The van der Waals surface area contributed by atoms with Gasteiger partial charge in [0.1, 0.15) is 5.82 Å². The van der Waals surface area contributed by atoms with Gasteiger partial charge in [0.05, 0.1) is 0 Å². The number of nitrogen functional groups attached to an aromatic ring is 1. The molecule has 3 N–H and O–H groups in total. The highest BCUT2D eigenvalue weighted by atomic mass is 19.1. The van der Waals surface area contributed by atoms with Crippen LogP contribution in [0.5, 0.6) is 0 Å². The minimum Gasteiger partial charge on any atom is -0.398 e. The van der Waals surface area contributed by atoms with Crippen molar-refractivity contribution >= 4 is 22.1 Å². The zero-order chi connectivity index (χ0) is 10.1. The van der Waals surface area contributed by atoms with E-state index in [1.165, 1.54) is 12.1 Å². The average Bonchev–Trinajstić information content (AvgIpc) is 2.18. The van der Waals surface area contributed by atoms with E-state index in [1.54, 1.807) is 13.1 Å². The van der Waals surface area contributed by atoms with Crippen LogP contribution in [-0.4, -0.2) is 7.05 Å². The van der Waals surface area contributed by atoms with Crippen molar-refractivity contribution in [2.75, 3.05) is 18.1 Å². The highest BCUT2D eigenvalue weighted by Crippen LogP contribution is 2.28. The Labute approximate surface area is 81.5 Å². The summed E-state index contributed by atoms with van der Waals surface area (Å²) >= 11 is 0. The summed E-state index contributed by atoms with van der Waals surface area (Å²) in [7, 11) is 1.76. The molecule has 0 fully saturated rings. The van der Waals surface area contributed by atoms with E-state index in [-0.39, 0.29) is 5.82 Å². The summed E-state index contributed by atoms with van der Waals surface area (Å²) < 4.78 is 13.2. The molecule has 0 saturated heterocycles. The first kappa shape index (κ1) is 8.81. The Hall–Kier alpha value is -1.77. The summed E-state index contributed by atoms with van der Waals surface area (Å²) in [4.78, 5) is 0. The largest absolute Gasteiger partial charge is 0.398 e. The molecule has 0 aliphatic rings. The zero-order valence-electron chi connectivity index (χ0n) is 7.84. The van der Waals surface area contributed by atoms with Crippen LogP contribution in [-0.2, 0) is 0 Å². The molecule has 0 spiro atoms.